The Kier molecular flexibility index (Phi) is 5.41. The minimum atomic E-state index is -0.991. The topological polar surface area (TPSA) is 75.8 Å². The molecule has 2 rings (SSSR count). The fraction of sp³-hybridized carbons (Fsp3) is 0.933. The number of hydrogen-bond acceptors (Lipinski definition) is 4. The van der Waals surface area contributed by atoms with Crippen molar-refractivity contribution in [2.24, 2.45) is 11.7 Å². The van der Waals surface area contributed by atoms with Gasteiger partial charge in [-0.1, -0.05) is 6.42 Å². The minimum absolute atomic E-state index is 0.118. The lowest BCUT2D eigenvalue weighted by Crippen LogP contribution is -2.52. The minimum Gasteiger partial charge on any atom is -0.480 e. The second-order valence-electron chi connectivity index (χ2n) is 6.24. The first kappa shape index (κ1) is 15.7. The third kappa shape index (κ3) is 3.51. The largest absolute Gasteiger partial charge is 0.480 e. The lowest BCUT2D eigenvalue weighted by molar-refractivity contribution is -0.145. The number of carboxylic acids is 1. The lowest BCUT2D eigenvalue weighted by atomic mass is 9.85. The van der Waals surface area contributed by atoms with E-state index in [0.29, 0.717) is 12.5 Å². The van der Waals surface area contributed by atoms with Crippen LogP contribution in [0.25, 0.3) is 0 Å². The Morgan fingerprint density at radius 3 is 2.95 bits per heavy atom. The van der Waals surface area contributed by atoms with Crippen molar-refractivity contribution in [1.29, 1.82) is 0 Å². The molecule has 0 spiro atoms. The number of piperidine rings is 1. The molecule has 1 saturated heterocycles. The molecule has 0 aromatic heterocycles. The molecule has 0 bridgehead atoms. The summed E-state index contributed by atoms with van der Waals surface area (Å²) in [5, 5.41) is 9.33. The molecule has 3 N–H and O–H groups in total. The molecule has 0 amide bonds. The van der Waals surface area contributed by atoms with Gasteiger partial charge in [-0.15, -0.1) is 0 Å². The van der Waals surface area contributed by atoms with E-state index in [1.54, 1.807) is 0 Å². The van der Waals surface area contributed by atoms with Gasteiger partial charge < -0.3 is 20.5 Å². The first-order valence-electron chi connectivity index (χ1n) is 7.92. The Morgan fingerprint density at radius 2 is 2.25 bits per heavy atom. The van der Waals surface area contributed by atoms with Crippen molar-refractivity contribution in [3.8, 4) is 0 Å². The molecule has 5 heteroatoms. The summed E-state index contributed by atoms with van der Waals surface area (Å²) in [6.45, 7) is 5.83. The first-order valence-corrected chi connectivity index (χ1v) is 7.92. The Bertz CT molecular complexity index is 335. The maximum atomic E-state index is 11.4. The fourth-order valence-electron chi connectivity index (χ4n) is 3.71. The highest BCUT2D eigenvalue weighted by atomic mass is 16.5. The molecule has 0 aromatic carbocycles. The summed E-state index contributed by atoms with van der Waals surface area (Å²) >= 11 is 0. The number of hydrogen-bond donors (Lipinski definition) is 2. The van der Waals surface area contributed by atoms with Crippen LogP contribution in [0.1, 0.15) is 45.4 Å². The van der Waals surface area contributed by atoms with Crippen LogP contribution in [0.5, 0.6) is 0 Å². The lowest BCUT2D eigenvalue weighted by Gasteiger charge is -2.34. The van der Waals surface area contributed by atoms with E-state index in [0.717, 1.165) is 51.9 Å². The molecule has 20 heavy (non-hydrogen) atoms. The normalized spacial score (nSPS) is 35.3. The molecule has 0 radical (unpaired) electrons. The number of likely N-dealkylation sites (tertiary alicyclic amines) is 1. The molecule has 5 nitrogen and oxygen atoms in total. The number of ether oxygens (including phenoxy) is 1. The predicted molar refractivity (Wildman–Crippen MR) is 77.6 cm³/mol. The maximum Gasteiger partial charge on any atom is 0.323 e. The summed E-state index contributed by atoms with van der Waals surface area (Å²) < 4.78 is 5.70. The van der Waals surface area contributed by atoms with Crippen LogP contribution >= 0.6 is 0 Å². The summed E-state index contributed by atoms with van der Waals surface area (Å²) in [6.07, 6.45) is 6.06. The zero-order valence-corrected chi connectivity index (χ0v) is 12.5. The quantitative estimate of drug-likeness (QED) is 0.772. The van der Waals surface area contributed by atoms with Crippen molar-refractivity contribution in [3.63, 3.8) is 0 Å². The zero-order valence-electron chi connectivity index (χ0n) is 12.5. The molecule has 2 fully saturated rings. The monoisotopic (exact) mass is 284 g/mol. The highest BCUT2D eigenvalue weighted by Crippen LogP contribution is 2.36. The van der Waals surface area contributed by atoms with E-state index in [2.05, 4.69) is 4.90 Å². The van der Waals surface area contributed by atoms with E-state index in [-0.39, 0.29) is 5.92 Å². The summed E-state index contributed by atoms with van der Waals surface area (Å²) in [4.78, 5) is 13.8. The molecule has 116 valence electrons. The number of rotatable bonds is 6. The average molecular weight is 284 g/mol. The summed E-state index contributed by atoms with van der Waals surface area (Å²) in [7, 11) is 0. The molecule has 3 unspecified atom stereocenters. The van der Waals surface area contributed by atoms with E-state index in [1.807, 2.05) is 6.92 Å². The number of nitrogens with two attached hydrogens (primary N) is 1. The van der Waals surface area contributed by atoms with Gasteiger partial charge in [0.1, 0.15) is 5.54 Å². The van der Waals surface area contributed by atoms with Gasteiger partial charge in [0.05, 0.1) is 6.10 Å². The number of aliphatic carboxylic acids is 1. The van der Waals surface area contributed by atoms with Gasteiger partial charge in [-0.25, -0.2) is 0 Å². The molecule has 3 atom stereocenters. The summed E-state index contributed by atoms with van der Waals surface area (Å²) in [5.74, 6) is -0.710. The van der Waals surface area contributed by atoms with Gasteiger partial charge in [-0.2, -0.15) is 0 Å². The molecule has 2 aliphatic rings. The molecule has 1 heterocycles. The van der Waals surface area contributed by atoms with Gasteiger partial charge in [0.15, 0.2) is 0 Å². The molecule has 1 aliphatic carbocycles. The van der Waals surface area contributed by atoms with E-state index in [4.69, 9.17) is 10.5 Å². The van der Waals surface area contributed by atoms with Crippen LogP contribution in [0.3, 0.4) is 0 Å². The highest BCUT2D eigenvalue weighted by molar-refractivity contribution is 5.79. The van der Waals surface area contributed by atoms with E-state index in [1.165, 1.54) is 6.42 Å². The number of carbonyl (C=O) groups is 1. The summed E-state index contributed by atoms with van der Waals surface area (Å²) in [6, 6.07) is 0. The second kappa shape index (κ2) is 6.87. The van der Waals surface area contributed by atoms with Crippen molar-refractivity contribution in [3.05, 3.63) is 0 Å². The van der Waals surface area contributed by atoms with Gasteiger partial charge >= 0.3 is 5.97 Å². The molecule has 1 saturated carbocycles. The van der Waals surface area contributed by atoms with Gasteiger partial charge in [0, 0.05) is 13.2 Å². The Hall–Kier alpha value is -0.650. The third-order valence-electron chi connectivity index (χ3n) is 4.93. The van der Waals surface area contributed by atoms with Crippen LogP contribution in [-0.4, -0.2) is 53.9 Å². The molecular formula is C15H28N2O3. The highest BCUT2D eigenvalue weighted by Gasteiger charge is 2.45. The van der Waals surface area contributed by atoms with E-state index >= 15 is 0 Å². The van der Waals surface area contributed by atoms with Gasteiger partial charge in [-0.3, -0.25) is 4.79 Å². The van der Waals surface area contributed by atoms with E-state index < -0.39 is 11.5 Å². The van der Waals surface area contributed by atoms with Crippen LogP contribution in [0.4, 0.5) is 0 Å². The van der Waals surface area contributed by atoms with Crippen molar-refractivity contribution >= 4 is 5.97 Å². The Labute approximate surface area is 121 Å². The Morgan fingerprint density at radius 1 is 1.45 bits per heavy atom. The third-order valence-corrected chi connectivity index (χ3v) is 4.93. The van der Waals surface area contributed by atoms with Crippen molar-refractivity contribution < 1.29 is 14.6 Å². The number of nitrogens with zero attached hydrogens (tertiary/aromatic N) is 1. The van der Waals surface area contributed by atoms with Gasteiger partial charge in [0.2, 0.25) is 0 Å². The van der Waals surface area contributed by atoms with Crippen molar-refractivity contribution in [2.75, 3.05) is 26.2 Å². The van der Waals surface area contributed by atoms with Crippen LogP contribution in [-0.2, 0) is 9.53 Å². The maximum absolute atomic E-state index is 11.4. The standard InChI is InChI=1S/C15H28N2O3/c1-2-20-13-6-4-9-17(11-13)10-7-12-5-3-8-15(12,16)14(18)19/h12-13H,2-11,16H2,1H3,(H,18,19). The van der Waals surface area contributed by atoms with E-state index in [9.17, 15) is 9.90 Å². The fourth-order valence-corrected chi connectivity index (χ4v) is 3.71. The van der Waals surface area contributed by atoms with Crippen LogP contribution in [0, 0.1) is 5.92 Å². The second-order valence-corrected chi connectivity index (χ2v) is 6.24. The average Bonchev–Trinajstić information content (AvgIpc) is 2.80. The smallest absolute Gasteiger partial charge is 0.323 e. The molecular weight excluding hydrogens is 256 g/mol. The Balaban J connectivity index is 1.81. The number of carboxylic acid groups (broad SMARTS) is 1. The predicted octanol–water partition coefficient (Wildman–Crippen LogP) is 1.46. The van der Waals surface area contributed by atoms with Crippen LogP contribution < -0.4 is 5.73 Å². The SMILES string of the molecule is CCOC1CCCN(CCC2CCCC2(N)C(=O)O)C1. The van der Waals surface area contributed by atoms with Gasteiger partial charge in [-0.05, 0) is 58.0 Å². The summed E-state index contributed by atoms with van der Waals surface area (Å²) in [5.41, 5.74) is 5.10. The molecule has 0 aromatic rings. The van der Waals surface area contributed by atoms with Crippen molar-refractivity contribution in [2.45, 2.75) is 57.1 Å². The van der Waals surface area contributed by atoms with Crippen LogP contribution in [0.2, 0.25) is 0 Å². The molecule has 1 aliphatic heterocycles. The van der Waals surface area contributed by atoms with Gasteiger partial charge in [0.25, 0.3) is 0 Å². The van der Waals surface area contributed by atoms with Crippen molar-refractivity contribution in [1.82, 2.24) is 4.90 Å². The zero-order chi connectivity index (χ0) is 14.6. The van der Waals surface area contributed by atoms with Crippen LogP contribution in [0.15, 0.2) is 0 Å². The first-order chi connectivity index (χ1) is 9.56.